The molecule has 0 saturated carbocycles. The Hall–Kier alpha value is -2.94. The lowest BCUT2D eigenvalue weighted by Crippen LogP contribution is -2.23. The topological polar surface area (TPSA) is 65.4 Å². The summed E-state index contributed by atoms with van der Waals surface area (Å²) >= 11 is 0. The standard InChI is InChI=1S/C22H23FN4O/c1-14-5-3-7-25-21(15(14)2)22-26-19-13-27(8-4-6-20(19)28-22)18-10-16(12-24)9-17(23)11-18/h3,5,7,9-11,14-15,21H,4,6,8,13H2,1-2H3. The summed E-state index contributed by atoms with van der Waals surface area (Å²) in [6, 6.07) is 6.36. The second-order valence-corrected chi connectivity index (χ2v) is 7.60. The SMILES string of the molecule is CC1C=CC=NC(c2nc3c(o2)CCCN(c2cc(F)cc(C#N)c2)C3)C1C. The van der Waals surface area contributed by atoms with Crippen LogP contribution in [-0.2, 0) is 13.0 Å². The van der Waals surface area contributed by atoms with E-state index in [2.05, 4.69) is 29.8 Å². The third-order valence-corrected chi connectivity index (χ3v) is 5.67. The highest BCUT2D eigenvalue weighted by Gasteiger charge is 2.30. The molecule has 1 aromatic carbocycles. The van der Waals surface area contributed by atoms with Crippen LogP contribution in [0.1, 0.15) is 49.2 Å². The van der Waals surface area contributed by atoms with Crippen molar-refractivity contribution in [2.24, 2.45) is 16.8 Å². The molecule has 28 heavy (non-hydrogen) atoms. The molecule has 0 bridgehead atoms. The molecule has 6 heteroatoms. The maximum absolute atomic E-state index is 13.9. The summed E-state index contributed by atoms with van der Waals surface area (Å²) in [5.41, 5.74) is 1.90. The number of halogens is 1. The van der Waals surface area contributed by atoms with Crippen LogP contribution >= 0.6 is 0 Å². The number of aryl methyl sites for hydroxylation is 1. The van der Waals surface area contributed by atoms with Crippen LogP contribution in [0.3, 0.4) is 0 Å². The van der Waals surface area contributed by atoms with Gasteiger partial charge < -0.3 is 9.32 Å². The largest absolute Gasteiger partial charge is 0.443 e. The van der Waals surface area contributed by atoms with Crippen molar-refractivity contribution in [1.82, 2.24) is 4.98 Å². The fourth-order valence-corrected chi connectivity index (χ4v) is 3.84. The van der Waals surface area contributed by atoms with Crippen molar-refractivity contribution in [2.45, 2.75) is 39.3 Å². The van der Waals surface area contributed by atoms with E-state index in [-0.39, 0.29) is 12.0 Å². The predicted molar refractivity (Wildman–Crippen MR) is 106 cm³/mol. The Morgan fingerprint density at radius 2 is 2.14 bits per heavy atom. The first-order valence-corrected chi connectivity index (χ1v) is 9.69. The van der Waals surface area contributed by atoms with Gasteiger partial charge in [-0.15, -0.1) is 0 Å². The van der Waals surface area contributed by atoms with Gasteiger partial charge in [-0.05, 0) is 42.5 Å². The summed E-state index contributed by atoms with van der Waals surface area (Å²) in [5, 5.41) is 9.13. The fraction of sp³-hybridized carbons (Fsp3) is 0.409. The molecular formula is C22H23FN4O. The highest BCUT2D eigenvalue weighted by atomic mass is 19.1. The second-order valence-electron chi connectivity index (χ2n) is 7.60. The lowest BCUT2D eigenvalue weighted by atomic mass is 9.89. The molecule has 3 unspecified atom stereocenters. The minimum Gasteiger partial charge on any atom is -0.443 e. The average molecular weight is 378 g/mol. The molecule has 3 heterocycles. The third-order valence-electron chi connectivity index (χ3n) is 5.67. The van der Waals surface area contributed by atoms with E-state index in [1.165, 1.54) is 12.1 Å². The number of aromatic nitrogens is 1. The molecule has 0 N–H and O–H groups in total. The van der Waals surface area contributed by atoms with Gasteiger partial charge in [-0.1, -0.05) is 19.9 Å². The second kappa shape index (κ2) is 7.59. The summed E-state index contributed by atoms with van der Waals surface area (Å²) < 4.78 is 20.0. The van der Waals surface area contributed by atoms with Crippen molar-refractivity contribution in [3.8, 4) is 6.07 Å². The molecule has 3 atom stereocenters. The minimum absolute atomic E-state index is 0.107. The molecule has 2 aromatic rings. The summed E-state index contributed by atoms with van der Waals surface area (Å²) in [7, 11) is 0. The zero-order valence-electron chi connectivity index (χ0n) is 16.1. The number of allylic oxidation sites excluding steroid dienone is 2. The molecule has 0 fully saturated rings. The van der Waals surface area contributed by atoms with E-state index < -0.39 is 5.82 Å². The average Bonchev–Trinajstić information content (AvgIpc) is 2.85. The van der Waals surface area contributed by atoms with E-state index in [9.17, 15) is 4.39 Å². The van der Waals surface area contributed by atoms with E-state index in [1.54, 1.807) is 6.07 Å². The number of nitriles is 1. The molecule has 0 amide bonds. The van der Waals surface area contributed by atoms with Gasteiger partial charge >= 0.3 is 0 Å². The van der Waals surface area contributed by atoms with Gasteiger partial charge in [-0.2, -0.15) is 5.26 Å². The molecule has 5 nitrogen and oxygen atoms in total. The number of hydrogen-bond donors (Lipinski definition) is 0. The molecule has 4 rings (SSSR count). The lowest BCUT2D eigenvalue weighted by molar-refractivity contribution is 0.319. The fourth-order valence-electron chi connectivity index (χ4n) is 3.84. The smallest absolute Gasteiger partial charge is 0.219 e. The van der Waals surface area contributed by atoms with Crippen LogP contribution in [0, 0.1) is 29.0 Å². The number of fused-ring (bicyclic) bond motifs is 1. The number of benzene rings is 1. The van der Waals surface area contributed by atoms with Gasteiger partial charge in [-0.25, -0.2) is 9.37 Å². The van der Waals surface area contributed by atoms with Crippen molar-refractivity contribution in [2.75, 3.05) is 11.4 Å². The van der Waals surface area contributed by atoms with Crippen molar-refractivity contribution < 1.29 is 8.81 Å². The van der Waals surface area contributed by atoms with Gasteiger partial charge in [0.15, 0.2) is 0 Å². The van der Waals surface area contributed by atoms with Crippen LogP contribution in [0.15, 0.2) is 39.8 Å². The number of nitrogens with zero attached hydrogens (tertiary/aromatic N) is 4. The van der Waals surface area contributed by atoms with Crippen molar-refractivity contribution in [3.05, 3.63) is 59.1 Å². The third kappa shape index (κ3) is 3.57. The quantitative estimate of drug-likeness (QED) is 0.766. The maximum atomic E-state index is 13.9. The molecule has 0 saturated heterocycles. The van der Waals surface area contributed by atoms with Crippen LogP contribution in [-0.4, -0.2) is 17.7 Å². The van der Waals surface area contributed by atoms with E-state index in [4.69, 9.17) is 14.7 Å². The van der Waals surface area contributed by atoms with E-state index in [1.807, 2.05) is 18.4 Å². The molecular weight excluding hydrogens is 355 g/mol. The molecule has 0 aliphatic carbocycles. The van der Waals surface area contributed by atoms with Crippen LogP contribution in [0.4, 0.5) is 10.1 Å². The van der Waals surface area contributed by atoms with E-state index in [0.717, 1.165) is 30.8 Å². The molecule has 2 aliphatic rings. The number of aliphatic imine (C=N–C) groups is 1. The van der Waals surface area contributed by atoms with E-state index >= 15 is 0 Å². The van der Waals surface area contributed by atoms with Crippen molar-refractivity contribution in [1.29, 1.82) is 5.26 Å². The van der Waals surface area contributed by atoms with Gasteiger partial charge in [-0.3, -0.25) is 4.99 Å². The Labute approximate surface area is 164 Å². The summed E-state index contributed by atoms with van der Waals surface area (Å²) in [5.74, 6) is 1.81. The monoisotopic (exact) mass is 378 g/mol. The number of anilines is 1. The summed E-state index contributed by atoms with van der Waals surface area (Å²) in [4.78, 5) is 11.5. The highest BCUT2D eigenvalue weighted by molar-refractivity contribution is 5.71. The summed E-state index contributed by atoms with van der Waals surface area (Å²) in [6.45, 7) is 5.63. The Morgan fingerprint density at radius 1 is 1.29 bits per heavy atom. The molecule has 0 radical (unpaired) electrons. The zero-order chi connectivity index (χ0) is 19.7. The van der Waals surface area contributed by atoms with Crippen molar-refractivity contribution in [3.63, 3.8) is 0 Å². The molecule has 144 valence electrons. The molecule has 2 aliphatic heterocycles. The lowest BCUT2D eigenvalue weighted by Gasteiger charge is -2.23. The Bertz CT molecular complexity index is 971. The first-order valence-electron chi connectivity index (χ1n) is 9.69. The van der Waals surface area contributed by atoms with Gasteiger partial charge in [0, 0.05) is 24.9 Å². The number of rotatable bonds is 2. The van der Waals surface area contributed by atoms with Gasteiger partial charge in [0.05, 0.1) is 18.2 Å². The Balaban J connectivity index is 1.63. The predicted octanol–water partition coefficient (Wildman–Crippen LogP) is 4.59. The van der Waals surface area contributed by atoms with Gasteiger partial charge in [0.2, 0.25) is 5.89 Å². The maximum Gasteiger partial charge on any atom is 0.219 e. The van der Waals surface area contributed by atoms with Crippen LogP contribution in [0.5, 0.6) is 0 Å². The first kappa shape index (κ1) is 18.4. The van der Waals surface area contributed by atoms with Crippen molar-refractivity contribution >= 4 is 11.9 Å². The van der Waals surface area contributed by atoms with Crippen LogP contribution in [0.25, 0.3) is 0 Å². The Morgan fingerprint density at radius 3 is 2.96 bits per heavy atom. The van der Waals surface area contributed by atoms with Crippen LogP contribution < -0.4 is 4.90 Å². The van der Waals surface area contributed by atoms with Crippen LogP contribution in [0.2, 0.25) is 0 Å². The normalized spacial score (nSPS) is 24.4. The van der Waals surface area contributed by atoms with Gasteiger partial charge in [0.25, 0.3) is 0 Å². The number of oxazole rings is 1. The first-order chi connectivity index (χ1) is 13.5. The zero-order valence-corrected chi connectivity index (χ0v) is 16.1. The van der Waals surface area contributed by atoms with E-state index in [0.29, 0.717) is 29.6 Å². The number of hydrogen-bond acceptors (Lipinski definition) is 5. The summed E-state index contributed by atoms with van der Waals surface area (Å²) in [6.07, 6.45) is 7.62. The minimum atomic E-state index is -0.400. The Kier molecular flexibility index (Phi) is 4.99. The van der Waals surface area contributed by atoms with Gasteiger partial charge in [0.1, 0.15) is 23.3 Å². The highest BCUT2D eigenvalue weighted by Crippen LogP contribution is 2.35. The molecule has 0 spiro atoms. The molecule has 1 aromatic heterocycles.